The number of hydrogen-bond donors (Lipinski definition) is 2. The summed E-state index contributed by atoms with van der Waals surface area (Å²) < 4.78 is 0. The molecule has 0 aromatic heterocycles. The maximum absolute atomic E-state index is 11.6. The molecule has 0 fully saturated rings. The van der Waals surface area contributed by atoms with Gasteiger partial charge >= 0.3 is 5.97 Å². The zero-order chi connectivity index (χ0) is 16.5. The first-order valence-electron chi connectivity index (χ1n) is 7.61. The molecule has 4 heteroatoms. The van der Waals surface area contributed by atoms with Gasteiger partial charge in [-0.25, -0.2) is 9.79 Å². The predicted octanol–water partition coefficient (Wildman–Crippen LogP) is 4.61. The minimum absolute atomic E-state index is 0.241. The first kappa shape index (κ1) is 14.2. The molecule has 2 N–H and O–H groups in total. The normalized spacial score (nSPS) is 12.2. The van der Waals surface area contributed by atoms with Crippen molar-refractivity contribution < 1.29 is 9.90 Å². The Kier molecular flexibility index (Phi) is 3.35. The van der Waals surface area contributed by atoms with Crippen LogP contribution in [-0.2, 0) is 0 Å². The lowest BCUT2D eigenvalue weighted by Gasteiger charge is -2.12. The van der Waals surface area contributed by atoms with Crippen molar-refractivity contribution in [1.82, 2.24) is 0 Å². The van der Waals surface area contributed by atoms with Crippen LogP contribution >= 0.6 is 0 Å². The Morgan fingerprint density at radius 3 is 2.21 bits per heavy atom. The maximum Gasteiger partial charge on any atom is 0.336 e. The van der Waals surface area contributed by atoms with Gasteiger partial charge in [0, 0.05) is 16.8 Å². The molecular weight excluding hydrogens is 300 g/mol. The third-order valence-electron chi connectivity index (χ3n) is 4.00. The summed E-state index contributed by atoms with van der Waals surface area (Å²) in [5.74, 6) is -0.962. The fraction of sp³-hybridized carbons (Fsp3) is 0. The molecule has 0 spiro atoms. The van der Waals surface area contributed by atoms with Crippen LogP contribution < -0.4 is 5.32 Å². The highest BCUT2D eigenvalue weighted by atomic mass is 16.4. The van der Waals surface area contributed by atoms with Crippen LogP contribution in [0.1, 0.15) is 21.5 Å². The highest BCUT2D eigenvalue weighted by molar-refractivity contribution is 6.21. The van der Waals surface area contributed by atoms with Crippen molar-refractivity contribution in [2.24, 2.45) is 4.99 Å². The molecule has 1 aliphatic heterocycles. The summed E-state index contributed by atoms with van der Waals surface area (Å²) in [5, 5.41) is 12.9. The van der Waals surface area contributed by atoms with Gasteiger partial charge in [-0.2, -0.15) is 0 Å². The SMILES string of the molecule is O=C(O)c1ccccc1C1=Nc2ccccc2Nc2ccccc21. The minimum Gasteiger partial charge on any atom is -0.478 e. The highest BCUT2D eigenvalue weighted by Gasteiger charge is 2.21. The van der Waals surface area contributed by atoms with E-state index in [1.807, 2.05) is 54.6 Å². The second-order valence-corrected chi connectivity index (χ2v) is 5.50. The van der Waals surface area contributed by atoms with E-state index < -0.39 is 5.97 Å². The molecule has 24 heavy (non-hydrogen) atoms. The minimum atomic E-state index is -0.962. The second-order valence-electron chi connectivity index (χ2n) is 5.50. The third kappa shape index (κ3) is 2.34. The first-order valence-corrected chi connectivity index (χ1v) is 7.61. The van der Waals surface area contributed by atoms with Crippen LogP contribution in [-0.4, -0.2) is 16.8 Å². The monoisotopic (exact) mass is 314 g/mol. The Bertz CT molecular complexity index is 977. The number of aromatic carboxylic acids is 1. The lowest BCUT2D eigenvalue weighted by Crippen LogP contribution is -2.11. The average Bonchev–Trinajstić information content (AvgIpc) is 2.78. The number of anilines is 2. The van der Waals surface area contributed by atoms with E-state index >= 15 is 0 Å². The maximum atomic E-state index is 11.6. The summed E-state index contributed by atoms with van der Waals surface area (Å²) in [5.41, 5.74) is 4.96. The average molecular weight is 314 g/mol. The molecule has 0 amide bonds. The molecule has 0 radical (unpaired) electrons. The van der Waals surface area contributed by atoms with Gasteiger partial charge in [0.1, 0.15) is 0 Å². The smallest absolute Gasteiger partial charge is 0.336 e. The number of para-hydroxylation sites is 3. The van der Waals surface area contributed by atoms with Crippen LogP contribution in [0.5, 0.6) is 0 Å². The number of nitrogens with zero attached hydrogens (tertiary/aromatic N) is 1. The van der Waals surface area contributed by atoms with Gasteiger partial charge in [0.25, 0.3) is 0 Å². The van der Waals surface area contributed by atoms with Crippen molar-refractivity contribution in [2.75, 3.05) is 5.32 Å². The molecule has 3 aromatic carbocycles. The van der Waals surface area contributed by atoms with Gasteiger partial charge in [0.05, 0.1) is 22.6 Å². The molecule has 0 saturated carbocycles. The summed E-state index contributed by atoms with van der Waals surface area (Å²) in [4.78, 5) is 16.4. The fourth-order valence-electron chi connectivity index (χ4n) is 2.88. The molecule has 0 unspecified atom stereocenters. The van der Waals surface area contributed by atoms with Gasteiger partial charge in [-0.15, -0.1) is 0 Å². The molecule has 3 aromatic rings. The Morgan fingerprint density at radius 1 is 0.792 bits per heavy atom. The van der Waals surface area contributed by atoms with E-state index in [1.165, 1.54) is 0 Å². The molecule has 116 valence electrons. The Morgan fingerprint density at radius 2 is 1.42 bits per heavy atom. The van der Waals surface area contributed by atoms with E-state index in [0.717, 1.165) is 22.6 Å². The molecule has 0 bridgehead atoms. The Hall–Kier alpha value is -3.40. The van der Waals surface area contributed by atoms with Gasteiger partial charge in [0.2, 0.25) is 0 Å². The number of hydrogen-bond acceptors (Lipinski definition) is 3. The van der Waals surface area contributed by atoms with E-state index in [-0.39, 0.29) is 5.56 Å². The van der Waals surface area contributed by atoms with Crippen molar-refractivity contribution in [2.45, 2.75) is 0 Å². The van der Waals surface area contributed by atoms with Crippen LogP contribution in [0.2, 0.25) is 0 Å². The Balaban J connectivity index is 2.03. The van der Waals surface area contributed by atoms with E-state index in [2.05, 4.69) is 5.32 Å². The summed E-state index contributed by atoms with van der Waals surface area (Å²) in [6.07, 6.45) is 0. The molecule has 0 aliphatic carbocycles. The third-order valence-corrected chi connectivity index (χ3v) is 4.00. The molecule has 4 nitrogen and oxygen atoms in total. The largest absolute Gasteiger partial charge is 0.478 e. The van der Waals surface area contributed by atoms with E-state index in [0.29, 0.717) is 11.3 Å². The molecule has 4 rings (SSSR count). The van der Waals surface area contributed by atoms with Crippen LogP contribution in [0.4, 0.5) is 17.1 Å². The first-order chi connectivity index (χ1) is 11.7. The topological polar surface area (TPSA) is 61.7 Å². The number of rotatable bonds is 2. The van der Waals surface area contributed by atoms with Crippen LogP contribution in [0.15, 0.2) is 77.8 Å². The van der Waals surface area contributed by atoms with Crippen LogP contribution in [0.3, 0.4) is 0 Å². The highest BCUT2D eigenvalue weighted by Crippen LogP contribution is 2.35. The number of aliphatic imine (C=N–C) groups is 1. The van der Waals surface area contributed by atoms with E-state index in [9.17, 15) is 9.90 Å². The summed E-state index contributed by atoms with van der Waals surface area (Å²) in [6, 6.07) is 22.5. The van der Waals surface area contributed by atoms with Crippen molar-refractivity contribution in [3.8, 4) is 0 Å². The number of carboxylic acids is 1. The van der Waals surface area contributed by atoms with Crippen molar-refractivity contribution >= 4 is 28.7 Å². The van der Waals surface area contributed by atoms with Crippen molar-refractivity contribution in [1.29, 1.82) is 0 Å². The summed E-state index contributed by atoms with van der Waals surface area (Å²) in [7, 11) is 0. The predicted molar refractivity (Wildman–Crippen MR) is 94.9 cm³/mol. The zero-order valence-electron chi connectivity index (χ0n) is 12.7. The van der Waals surface area contributed by atoms with Crippen LogP contribution in [0.25, 0.3) is 0 Å². The molecule has 0 atom stereocenters. The standard InChI is InChI=1S/C20H14N2O2/c23-20(24)14-8-2-1-7-13(14)19-15-9-3-4-10-16(15)21-17-11-5-6-12-18(17)22-19/h1-12,21H,(H,23,24). The quantitative estimate of drug-likeness (QED) is 0.568. The molecular formula is C20H14N2O2. The summed E-state index contributed by atoms with van der Waals surface area (Å²) >= 11 is 0. The lowest BCUT2D eigenvalue weighted by atomic mass is 9.96. The Labute approximate surface area is 139 Å². The number of fused-ring (bicyclic) bond motifs is 2. The van der Waals surface area contributed by atoms with E-state index in [1.54, 1.807) is 18.2 Å². The lowest BCUT2D eigenvalue weighted by molar-refractivity contribution is 0.0696. The van der Waals surface area contributed by atoms with Gasteiger partial charge in [0.15, 0.2) is 0 Å². The van der Waals surface area contributed by atoms with E-state index in [4.69, 9.17) is 4.99 Å². The molecule has 0 saturated heterocycles. The molecule has 1 heterocycles. The van der Waals surface area contributed by atoms with Gasteiger partial charge in [-0.1, -0.05) is 48.5 Å². The van der Waals surface area contributed by atoms with Gasteiger partial charge in [-0.3, -0.25) is 0 Å². The summed E-state index contributed by atoms with van der Waals surface area (Å²) in [6.45, 7) is 0. The number of carbonyl (C=O) groups is 1. The van der Waals surface area contributed by atoms with Gasteiger partial charge in [-0.05, 0) is 24.3 Å². The van der Waals surface area contributed by atoms with Crippen molar-refractivity contribution in [3.05, 3.63) is 89.5 Å². The zero-order valence-corrected chi connectivity index (χ0v) is 12.7. The number of nitrogens with one attached hydrogen (secondary N) is 1. The number of carboxylic acid groups (broad SMARTS) is 1. The van der Waals surface area contributed by atoms with Gasteiger partial charge < -0.3 is 10.4 Å². The van der Waals surface area contributed by atoms with Crippen LogP contribution in [0, 0.1) is 0 Å². The number of benzene rings is 3. The molecule has 1 aliphatic rings. The fourth-order valence-corrected chi connectivity index (χ4v) is 2.88. The van der Waals surface area contributed by atoms with Crippen molar-refractivity contribution in [3.63, 3.8) is 0 Å². The second kappa shape index (κ2) is 5.66.